The molecule has 0 aromatic rings. The molecule has 0 saturated heterocycles. The molecule has 3 heteroatoms. The van der Waals surface area contributed by atoms with Gasteiger partial charge in [0.1, 0.15) is 0 Å². The second-order valence-corrected chi connectivity index (χ2v) is 3.00. The molecule has 0 fully saturated rings. The zero-order valence-corrected chi connectivity index (χ0v) is 7.34. The largest absolute Gasteiger partial charge is 0.452 e. The number of carbonyl (C=O) groups is 1. The van der Waals surface area contributed by atoms with E-state index in [1.54, 1.807) is 20.8 Å². The minimum atomic E-state index is -0.673. The van der Waals surface area contributed by atoms with Gasteiger partial charge in [-0.2, -0.15) is 0 Å². The lowest BCUT2D eigenvalue weighted by molar-refractivity contribution is -0.154. The summed E-state index contributed by atoms with van der Waals surface area (Å²) >= 11 is 0. The van der Waals surface area contributed by atoms with Gasteiger partial charge in [-0.15, -0.1) is 0 Å². The molecule has 0 saturated carbocycles. The molecular formula is C8H13NO2. The van der Waals surface area contributed by atoms with Crippen LogP contribution in [-0.4, -0.2) is 17.6 Å². The summed E-state index contributed by atoms with van der Waals surface area (Å²) in [6.07, 6.45) is 0. The SMILES string of the molecule is [C-]#[N+]C(C)C(C)(C)OC(C)=O. The molecule has 0 N–H and O–H groups in total. The van der Waals surface area contributed by atoms with Crippen LogP contribution in [0.1, 0.15) is 27.7 Å². The maximum Gasteiger partial charge on any atom is 0.303 e. The number of nitrogens with zero attached hydrogens (tertiary/aromatic N) is 1. The van der Waals surface area contributed by atoms with E-state index < -0.39 is 5.60 Å². The van der Waals surface area contributed by atoms with E-state index in [-0.39, 0.29) is 12.0 Å². The van der Waals surface area contributed by atoms with Crippen LogP contribution < -0.4 is 0 Å². The van der Waals surface area contributed by atoms with Gasteiger partial charge in [-0.3, -0.25) is 4.79 Å². The molecule has 3 nitrogen and oxygen atoms in total. The molecule has 0 aliphatic carbocycles. The number of hydrogen-bond donors (Lipinski definition) is 0. The van der Waals surface area contributed by atoms with Crippen molar-refractivity contribution < 1.29 is 9.53 Å². The first-order valence-corrected chi connectivity index (χ1v) is 3.46. The third-order valence-corrected chi connectivity index (χ3v) is 1.61. The van der Waals surface area contributed by atoms with E-state index in [9.17, 15) is 4.79 Å². The monoisotopic (exact) mass is 155 g/mol. The Labute approximate surface area is 67.2 Å². The number of ether oxygens (including phenoxy) is 1. The van der Waals surface area contributed by atoms with E-state index in [2.05, 4.69) is 4.85 Å². The van der Waals surface area contributed by atoms with Crippen molar-refractivity contribution in [3.05, 3.63) is 11.4 Å². The molecule has 0 rings (SSSR count). The predicted octanol–water partition coefficient (Wildman–Crippen LogP) is 1.64. The van der Waals surface area contributed by atoms with E-state index in [1.165, 1.54) is 6.92 Å². The third kappa shape index (κ3) is 3.03. The molecule has 0 aliphatic rings. The first kappa shape index (κ1) is 9.96. The van der Waals surface area contributed by atoms with Crippen molar-refractivity contribution >= 4 is 5.97 Å². The molecule has 0 amide bonds. The zero-order chi connectivity index (χ0) is 9.07. The van der Waals surface area contributed by atoms with Crippen LogP contribution in [0.5, 0.6) is 0 Å². The molecule has 0 bridgehead atoms. The molecule has 0 radical (unpaired) electrons. The minimum Gasteiger partial charge on any atom is -0.452 e. The van der Waals surface area contributed by atoms with Crippen LogP contribution in [0.4, 0.5) is 0 Å². The summed E-state index contributed by atoms with van der Waals surface area (Å²) in [5.41, 5.74) is -0.673. The summed E-state index contributed by atoms with van der Waals surface area (Å²) in [5.74, 6) is -0.342. The average molecular weight is 155 g/mol. The lowest BCUT2D eigenvalue weighted by Crippen LogP contribution is -2.36. The van der Waals surface area contributed by atoms with Crippen molar-refractivity contribution in [3.63, 3.8) is 0 Å². The fraction of sp³-hybridized carbons (Fsp3) is 0.750. The fourth-order valence-electron chi connectivity index (χ4n) is 0.611. The van der Waals surface area contributed by atoms with Crippen LogP contribution in [0.2, 0.25) is 0 Å². The van der Waals surface area contributed by atoms with Gasteiger partial charge < -0.3 is 9.58 Å². The first-order chi connectivity index (χ1) is 4.90. The van der Waals surface area contributed by atoms with Gasteiger partial charge in [-0.25, -0.2) is 6.57 Å². The number of carbonyl (C=O) groups excluding carboxylic acids is 1. The van der Waals surface area contributed by atoms with Gasteiger partial charge in [0, 0.05) is 13.8 Å². The first-order valence-electron chi connectivity index (χ1n) is 3.46. The van der Waals surface area contributed by atoms with Gasteiger partial charge in [0.05, 0.1) is 0 Å². The summed E-state index contributed by atoms with van der Waals surface area (Å²) in [6.45, 7) is 13.3. The lowest BCUT2D eigenvalue weighted by Gasteiger charge is -2.22. The van der Waals surface area contributed by atoms with Crippen molar-refractivity contribution in [3.8, 4) is 0 Å². The van der Waals surface area contributed by atoms with Crippen molar-refractivity contribution in [2.45, 2.75) is 39.3 Å². The summed E-state index contributed by atoms with van der Waals surface area (Å²) in [7, 11) is 0. The predicted molar refractivity (Wildman–Crippen MR) is 41.9 cm³/mol. The van der Waals surface area contributed by atoms with Gasteiger partial charge in [-0.1, -0.05) is 0 Å². The molecule has 0 aromatic carbocycles. The average Bonchev–Trinajstić information content (AvgIpc) is 1.83. The van der Waals surface area contributed by atoms with Gasteiger partial charge >= 0.3 is 5.97 Å². The van der Waals surface area contributed by atoms with Crippen molar-refractivity contribution in [2.24, 2.45) is 0 Å². The quantitative estimate of drug-likeness (QED) is 0.448. The Morgan fingerprint density at radius 1 is 1.64 bits per heavy atom. The number of esters is 1. The normalized spacial score (nSPS) is 13.4. The highest BCUT2D eigenvalue weighted by Gasteiger charge is 2.33. The molecule has 0 aliphatic heterocycles. The standard InChI is InChI=1S/C8H13NO2/c1-6(9-5)8(3,4)11-7(2)10/h6H,1-4H3. The summed E-state index contributed by atoms with van der Waals surface area (Å²) in [4.78, 5) is 13.8. The van der Waals surface area contributed by atoms with Crippen molar-refractivity contribution in [1.82, 2.24) is 0 Å². The van der Waals surface area contributed by atoms with E-state index in [0.717, 1.165) is 0 Å². The molecule has 1 unspecified atom stereocenters. The molecule has 62 valence electrons. The van der Waals surface area contributed by atoms with E-state index in [1.807, 2.05) is 0 Å². The summed E-state index contributed by atoms with van der Waals surface area (Å²) < 4.78 is 4.94. The smallest absolute Gasteiger partial charge is 0.303 e. The van der Waals surface area contributed by atoms with Crippen LogP contribution in [0.15, 0.2) is 0 Å². The maximum atomic E-state index is 10.6. The Bertz CT molecular complexity index is 191. The Hall–Kier alpha value is -1.04. The Morgan fingerprint density at radius 2 is 2.09 bits per heavy atom. The van der Waals surface area contributed by atoms with E-state index in [0.29, 0.717) is 0 Å². The van der Waals surface area contributed by atoms with E-state index in [4.69, 9.17) is 11.3 Å². The number of hydrogen-bond acceptors (Lipinski definition) is 2. The highest BCUT2D eigenvalue weighted by Crippen LogP contribution is 2.17. The second kappa shape index (κ2) is 3.38. The highest BCUT2D eigenvalue weighted by atomic mass is 16.6. The Kier molecular flexibility index (Phi) is 3.06. The molecule has 0 aromatic heterocycles. The molecule has 0 heterocycles. The lowest BCUT2D eigenvalue weighted by atomic mass is 10.0. The minimum absolute atomic E-state index is 0.300. The Morgan fingerprint density at radius 3 is 2.36 bits per heavy atom. The van der Waals surface area contributed by atoms with Gasteiger partial charge in [0.15, 0.2) is 5.60 Å². The molecule has 11 heavy (non-hydrogen) atoms. The summed E-state index contributed by atoms with van der Waals surface area (Å²) in [6, 6.07) is -0.300. The van der Waals surface area contributed by atoms with Crippen molar-refractivity contribution in [2.75, 3.05) is 0 Å². The summed E-state index contributed by atoms with van der Waals surface area (Å²) in [5, 5.41) is 0. The fourth-order valence-corrected chi connectivity index (χ4v) is 0.611. The number of rotatable bonds is 2. The van der Waals surface area contributed by atoms with Gasteiger partial charge in [0.25, 0.3) is 6.04 Å². The van der Waals surface area contributed by atoms with Crippen LogP contribution in [0.3, 0.4) is 0 Å². The molecular weight excluding hydrogens is 142 g/mol. The molecule has 1 atom stereocenters. The topological polar surface area (TPSA) is 30.7 Å². The molecule has 0 spiro atoms. The third-order valence-electron chi connectivity index (χ3n) is 1.61. The highest BCUT2D eigenvalue weighted by molar-refractivity contribution is 5.66. The zero-order valence-electron chi connectivity index (χ0n) is 7.34. The van der Waals surface area contributed by atoms with Gasteiger partial charge in [-0.05, 0) is 13.8 Å². The second-order valence-electron chi connectivity index (χ2n) is 3.00. The Balaban J connectivity index is 4.23. The van der Waals surface area contributed by atoms with Gasteiger partial charge in [0.2, 0.25) is 0 Å². The van der Waals surface area contributed by atoms with Crippen LogP contribution >= 0.6 is 0 Å². The van der Waals surface area contributed by atoms with Crippen LogP contribution in [0.25, 0.3) is 4.85 Å². The van der Waals surface area contributed by atoms with Crippen LogP contribution in [-0.2, 0) is 9.53 Å². The maximum absolute atomic E-state index is 10.6. The van der Waals surface area contributed by atoms with E-state index >= 15 is 0 Å². The van der Waals surface area contributed by atoms with Crippen molar-refractivity contribution in [1.29, 1.82) is 0 Å². The van der Waals surface area contributed by atoms with Crippen LogP contribution in [0, 0.1) is 6.57 Å².